The van der Waals surface area contributed by atoms with Crippen molar-refractivity contribution in [3.63, 3.8) is 0 Å². The lowest BCUT2D eigenvalue weighted by Gasteiger charge is -2.11. The van der Waals surface area contributed by atoms with E-state index in [2.05, 4.69) is 26.2 Å². The van der Waals surface area contributed by atoms with E-state index in [4.69, 9.17) is 5.11 Å². The first-order valence-corrected chi connectivity index (χ1v) is 5.43. The second-order valence-corrected chi connectivity index (χ2v) is 4.16. The Morgan fingerprint density at radius 3 is 2.88 bits per heavy atom. The van der Waals surface area contributed by atoms with Gasteiger partial charge in [0.1, 0.15) is 5.69 Å². The van der Waals surface area contributed by atoms with Crippen LogP contribution in [0.15, 0.2) is 22.8 Å². The number of halogens is 1. The van der Waals surface area contributed by atoms with Crippen LogP contribution in [-0.4, -0.2) is 28.0 Å². The fourth-order valence-electron chi connectivity index (χ4n) is 1.16. The number of carbonyl (C=O) groups is 2. The third kappa shape index (κ3) is 3.62. The fourth-order valence-corrected chi connectivity index (χ4v) is 1.59. The number of carboxylic acid groups (broad SMARTS) is 1. The van der Waals surface area contributed by atoms with Crippen molar-refractivity contribution >= 4 is 27.8 Å². The van der Waals surface area contributed by atoms with Crippen LogP contribution in [0.25, 0.3) is 0 Å². The smallest absolute Gasteiger partial charge is 0.305 e. The minimum atomic E-state index is -0.951. The summed E-state index contributed by atoms with van der Waals surface area (Å²) in [6.45, 7) is 1.63. The molecule has 1 atom stereocenters. The molecule has 1 aromatic heterocycles. The van der Waals surface area contributed by atoms with Gasteiger partial charge in [-0.15, -0.1) is 0 Å². The Morgan fingerprint density at radius 2 is 2.31 bits per heavy atom. The first kappa shape index (κ1) is 12.6. The molecule has 0 radical (unpaired) electrons. The largest absolute Gasteiger partial charge is 0.481 e. The number of carboxylic acids is 1. The number of aromatic nitrogens is 1. The van der Waals surface area contributed by atoms with E-state index >= 15 is 0 Å². The Kier molecular flexibility index (Phi) is 4.42. The molecule has 0 aromatic carbocycles. The lowest BCUT2D eigenvalue weighted by molar-refractivity contribution is -0.137. The maximum atomic E-state index is 11.7. The molecule has 1 unspecified atom stereocenters. The van der Waals surface area contributed by atoms with Gasteiger partial charge in [0.25, 0.3) is 5.91 Å². The summed E-state index contributed by atoms with van der Waals surface area (Å²) < 4.78 is 0.579. The Labute approximate surface area is 101 Å². The molecule has 6 heteroatoms. The van der Waals surface area contributed by atoms with Gasteiger partial charge in [-0.1, -0.05) is 0 Å². The summed E-state index contributed by atoms with van der Waals surface area (Å²) in [5, 5.41) is 11.1. The summed E-state index contributed by atoms with van der Waals surface area (Å²) in [5.74, 6) is -1.34. The van der Waals surface area contributed by atoms with Crippen LogP contribution in [0.2, 0.25) is 0 Å². The van der Waals surface area contributed by atoms with Crippen molar-refractivity contribution in [1.29, 1.82) is 0 Å². The van der Waals surface area contributed by atoms with Crippen molar-refractivity contribution < 1.29 is 14.7 Å². The molecule has 16 heavy (non-hydrogen) atoms. The maximum absolute atomic E-state index is 11.7. The molecular weight excluding hydrogens is 276 g/mol. The van der Waals surface area contributed by atoms with Crippen LogP contribution < -0.4 is 5.32 Å². The fraction of sp³-hybridized carbons (Fsp3) is 0.300. The molecular formula is C10H11BrN2O3. The molecule has 0 spiro atoms. The summed E-state index contributed by atoms with van der Waals surface area (Å²) in [4.78, 5) is 26.0. The van der Waals surface area contributed by atoms with E-state index in [1.807, 2.05) is 0 Å². The SMILES string of the molecule is CC(CC(=O)O)NC(=O)c1ncccc1Br. The number of rotatable bonds is 4. The summed E-state index contributed by atoms with van der Waals surface area (Å²) in [6.07, 6.45) is 1.39. The van der Waals surface area contributed by atoms with Gasteiger partial charge in [-0.05, 0) is 35.0 Å². The lowest BCUT2D eigenvalue weighted by Crippen LogP contribution is -2.34. The summed E-state index contributed by atoms with van der Waals surface area (Å²) in [5.41, 5.74) is 0.250. The number of pyridine rings is 1. The van der Waals surface area contributed by atoms with E-state index in [-0.39, 0.29) is 18.0 Å². The average molecular weight is 287 g/mol. The van der Waals surface area contributed by atoms with Gasteiger partial charge in [0, 0.05) is 16.7 Å². The monoisotopic (exact) mass is 286 g/mol. The normalized spacial score (nSPS) is 11.9. The average Bonchev–Trinajstić information content (AvgIpc) is 2.16. The predicted molar refractivity (Wildman–Crippen MR) is 61.1 cm³/mol. The van der Waals surface area contributed by atoms with Crippen molar-refractivity contribution in [3.05, 3.63) is 28.5 Å². The molecule has 0 aliphatic carbocycles. The predicted octanol–water partition coefficient (Wildman–Crippen LogP) is 1.44. The third-order valence-electron chi connectivity index (χ3n) is 1.83. The minimum Gasteiger partial charge on any atom is -0.481 e. The Balaban J connectivity index is 2.66. The van der Waals surface area contributed by atoms with Crippen molar-refractivity contribution in [2.45, 2.75) is 19.4 Å². The van der Waals surface area contributed by atoms with E-state index in [0.29, 0.717) is 4.47 Å². The topological polar surface area (TPSA) is 79.3 Å². The van der Waals surface area contributed by atoms with Crippen LogP contribution in [0.3, 0.4) is 0 Å². The van der Waals surface area contributed by atoms with E-state index in [1.165, 1.54) is 6.20 Å². The number of carbonyl (C=O) groups excluding carboxylic acids is 1. The Hall–Kier alpha value is -1.43. The molecule has 0 aliphatic rings. The van der Waals surface area contributed by atoms with E-state index < -0.39 is 12.0 Å². The second kappa shape index (κ2) is 5.60. The molecule has 1 rings (SSSR count). The number of aliphatic carboxylic acids is 1. The molecule has 2 N–H and O–H groups in total. The Morgan fingerprint density at radius 1 is 1.62 bits per heavy atom. The van der Waals surface area contributed by atoms with E-state index in [1.54, 1.807) is 19.1 Å². The highest BCUT2D eigenvalue weighted by Gasteiger charge is 2.15. The van der Waals surface area contributed by atoms with Crippen molar-refractivity contribution in [3.8, 4) is 0 Å². The maximum Gasteiger partial charge on any atom is 0.305 e. The van der Waals surface area contributed by atoms with Crippen LogP contribution in [0.5, 0.6) is 0 Å². The number of amides is 1. The minimum absolute atomic E-state index is 0.115. The molecule has 86 valence electrons. The van der Waals surface area contributed by atoms with Crippen LogP contribution in [0.1, 0.15) is 23.8 Å². The van der Waals surface area contributed by atoms with Crippen LogP contribution >= 0.6 is 15.9 Å². The molecule has 0 fully saturated rings. The summed E-state index contributed by atoms with van der Waals surface area (Å²) >= 11 is 3.20. The zero-order valence-electron chi connectivity index (χ0n) is 8.61. The quantitative estimate of drug-likeness (QED) is 0.878. The van der Waals surface area contributed by atoms with Gasteiger partial charge in [-0.25, -0.2) is 4.98 Å². The number of nitrogens with one attached hydrogen (secondary N) is 1. The molecule has 1 aromatic rings. The van der Waals surface area contributed by atoms with Gasteiger partial charge in [0.15, 0.2) is 0 Å². The van der Waals surface area contributed by atoms with Crippen LogP contribution in [-0.2, 0) is 4.79 Å². The zero-order valence-corrected chi connectivity index (χ0v) is 10.2. The molecule has 1 heterocycles. The molecule has 0 aliphatic heterocycles. The van der Waals surface area contributed by atoms with Gasteiger partial charge in [-0.2, -0.15) is 0 Å². The van der Waals surface area contributed by atoms with Crippen molar-refractivity contribution in [2.24, 2.45) is 0 Å². The van der Waals surface area contributed by atoms with Crippen molar-refractivity contribution in [2.75, 3.05) is 0 Å². The van der Waals surface area contributed by atoms with Gasteiger partial charge in [0.05, 0.1) is 6.42 Å². The van der Waals surface area contributed by atoms with Crippen LogP contribution in [0.4, 0.5) is 0 Å². The summed E-state index contributed by atoms with van der Waals surface area (Å²) in [7, 11) is 0. The van der Waals surface area contributed by atoms with Gasteiger partial charge >= 0.3 is 5.97 Å². The molecule has 0 saturated carbocycles. The lowest BCUT2D eigenvalue weighted by atomic mass is 10.2. The molecule has 1 amide bonds. The Bertz CT molecular complexity index is 409. The van der Waals surface area contributed by atoms with Crippen LogP contribution in [0, 0.1) is 0 Å². The number of nitrogens with zero attached hydrogens (tertiary/aromatic N) is 1. The highest BCUT2D eigenvalue weighted by Crippen LogP contribution is 2.13. The first-order chi connectivity index (χ1) is 7.50. The first-order valence-electron chi connectivity index (χ1n) is 4.64. The van der Waals surface area contributed by atoms with Crippen molar-refractivity contribution in [1.82, 2.24) is 10.3 Å². The standard InChI is InChI=1S/C10H11BrN2O3/c1-6(5-8(14)15)13-10(16)9-7(11)3-2-4-12-9/h2-4,6H,5H2,1H3,(H,13,16)(H,14,15). The van der Waals surface area contributed by atoms with Gasteiger partial charge in [0.2, 0.25) is 0 Å². The van der Waals surface area contributed by atoms with E-state index in [0.717, 1.165) is 0 Å². The van der Waals surface area contributed by atoms with Gasteiger partial charge in [-0.3, -0.25) is 9.59 Å². The van der Waals surface area contributed by atoms with E-state index in [9.17, 15) is 9.59 Å². The molecule has 0 bridgehead atoms. The zero-order chi connectivity index (χ0) is 12.1. The molecule has 5 nitrogen and oxygen atoms in total. The highest BCUT2D eigenvalue weighted by molar-refractivity contribution is 9.10. The highest BCUT2D eigenvalue weighted by atomic mass is 79.9. The molecule has 0 saturated heterocycles. The number of hydrogen-bond acceptors (Lipinski definition) is 3. The number of hydrogen-bond donors (Lipinski definition) is 2. The third-order valence-corrected chi connectivity index (χ3v) is 2.47. The second-order valence-electron chi connectivity index (χ2n) is 3.31. The van der Waals surface area contributed by atoms with Gasteiger partial charge < -0.3 is 10.4 Å². The summed E-state index contributed by atoms with van der Waals surface area (Å²) in [6, 6.07) is 2.96.